The molecule has 0 saturated carbocycles. The van der Waals surface area contributed by atoms with Crippen LogP contribution in [0.1, 0.15) is 54.4 Å². The molecule has 0 bridgehead atoms. The van der Waals surface area contributed by atoms with E-state index in [1.165, 1.54) is 0 Å². The summed E-state index contributed by atoms with van der Waals surface area (Å²) in [6.07, 6.45) is 1.79. The number of aromatic amines is 1. The van der Waals surface area contributed by atoms with Crippen molar-refractivity contribution in [3.8, 4) is 0 Å². The Bertz CT molecular complexity index is 864. The summed E-state index contributed by atoms with van der Waals surface area (Å²) >= 11 is 3.48. The summed E-state index contributed by atoms with van der Waals surface area (Å²) in [6, 6.07) is 7.71. The van der Waals surface area contributed by atoms with Crippen LogP contribution in [0.4, 0.5) is 5.69 Å². The standard InChI is InChI=1S/C20H26BrN5O2/c1-12(2)17-16(21)18(25-24-17)20(28)23-15-8-4-3-6-13(15)10-26-9-5-7-14(11-26)19(22)27/h3-4,6,8,12,14H,5,7,9-11H2,1-2H3,(H2,22,27)(H,23,28)(H,24,25). The molecule has 1 saturated heterocycles. The highest BCUT2D eigenvalue weighted by Crippen LogP contribution is 2.27. The van der Waals surface area contributed by atoms with Gasteiger partial charge >= 0.3 is 0 Å². The summed E-state index contributed by atoms with van der Waals surface area (Å²) in [4.78, 5) is 26.5. The Hall–Kier alpha value is -2.19. The number of para-hydroxylation sites is 1. The molecular weight excluding hydrogens is 422 g/mol. The second-order valence-electron chi connectivity index (χ2n) is 7.54. The van der Waals surface area contributed by atoms with Crippen LogP contribution in [0.15, 0.2) is 28.7 Å². The van der Waals surface area contributed by atoms with Crippen molar-refractivity contribution in [2.75, 3.05) is 18.4 Å². The van der Waals surface area contributed by atoms with E-state index in [-0.39, 0.29) is 23.7 Å². The van der Waals surface area contributed by atoms with Gasteiger partial charge in [-0.3, -0.25) is 19.6 Å². The average Bonchev–Trinajstić information content (AvgIpc) is 3.05. The largest absolute Gasteiger partial charge is 0.369 e. The van der Waals surface area contributed by atoms with Gasteiger partial charge in [0.15, 0.2) is 5.69 Å². The maximum atomic E-state index is 12.8. The van der Waals surface area contributed by atoms with Gasteiger partial charge in [0.05, 0.1) is 16.1 Å². The van der Waals surface area contributed by atoms with E-state index in [0.717, 1.165) is 36.3 Å². The first-order valence-corrected chi connectivity index (χ1v) is 10.3. The van der Waals surface area contributed by atoms with Crippen LogP contribution in [0.3, 0.4) is 0 Å². The fraction of sp³-hybridized carbons (Fsp3) is 0.450. The van der Waals surface area contributed by atoms with Crippen molar-refractivity contribution in [3.05, 3.63) is 45.7 Å². The third-order valence-corrected chi connectivity index (χ3v) is 5.90. The van der Waals surface area contributed by atoms with E-state index in [4.69, 9.17) is 5.73 Å². The van der Waals surface area contributed by atoms with Crippen molar-refractivity contribution in [3.63, 3.8) is 0 Å². The molecule has 0 radical (unpaired) electrons. The lowest BCUT2D eigenvalue weighted by Crippen LogP contribution is -2.40. The smallest absolute Gasteiger partial charge is 0.277 e. The summed E-state index contributed by atoms with van der Waals surface area (Å²) in [7, 11) is 0. The molecule has 0 aliphatic carbocycles. The van der Waals surface area contributed by atoms with E-state index >= 15 is 0 Å². The van der Waals surface area contributed by atoms with Crippen molar-refractivity contribution in [2.24, 2.45) is 11.7 Å². The average molecular weight is 448 g/mol. The first kappa shape index (κ1) is 20.5. The predicted molar refractivity (Wildman–Crippen MR) is 112 cm³/mol. The molecule has 2 aromatic rings. The number of primary amides is 1. The lowest BCUT2D eigenvalue weighted by Gasteiger charge is -2.31. The lowest BCUT2D eigenvalue weighted by molar-refractivity contribution is -0.123. The molecule has 8 heteroatoms. The number of nitrogens with one attached hydrogen (secondary N) is 2. The van der Waals surface area contributed by atoms with Crippen molar-refractivity contribution in [2.45, 2.75) is 39.2 Å². The minimum Gasteiger partial charge on any atom is -0.369 e. The number of halogens is 1. The molecule has 0 spiro atoms. The second-order valence-corrected chi connectivity index (χ2v) is 8.34. The van der Waals surface area contributed by atoms with Crippen LogP contribution >= 0.6 is 15.9 Å². The summed E-state index contributed by atoms with van der Waals surface area (Å²) < 4.78 is 0.692. The number of H-pyrrole nitrogens is 1. The first-order chi connectivity index (χ1) is 13.4. The predicted octanol–water partition coefficient (Wildman–Crippen LogP) is 3.25. The number of likely N-dealkylation sites (tertiary alicyclic amines) is 1. The maximum Gasteiger partial charge on any atom is 0.277 e. The molecule has 7 nitrogen and oxygen atoms in total. The number of aromatic nitrogens is 2. The number of anilines is 1. The molecule has 1 aliphatic heterocycles. The molecule has 28 heavy (non-hydrogen) atoms. The van der Waals surface area contributed by atoms with Crippen LogP contribution in [0, 0.1) is 5.92 Å². The van der Waals surface area contributed by atoms with Gasteiger partial charge in [0, 0.05) is 18.8 Å². The number of carbonyl (C=O) groups excluding carboxylic acids is 2. The Balaban J connectivity index is 1.74. The minimum absolute atomic E-state index is 0.107. The van der Waals surface area contributed by atoms with Crippen molar-refractivity contribution in [1.82, 2.24) is 15.1 Å². The molecule has 150 valence electrons. The molecule has 3 rings (SSSR count). The van der Waals surface area contributed by atoms with Crippen molar-refractivity contribution < 1.29 is 9.59 Å². The zero-order valence-electron chi connectivity index (χ0n) is 16.2. The van der Waals surface area contributed by atoms with E-state index in [9.17, 15) is 9.59 Å². The maximum absolute atomic E-state index is 12.8. The molecule has 2 heterocycles. The van der Waals surface area contributed by atoms with E-state index in [1.807, 2.05) is 38.1 Å². The van der Waals surface area contributed by atoms with Gasteiger partial charge in [0.1, 0.15) is 0 Å². The highest BCUT2D eigenvalue weighted by molar-refractivity contribution is 9.10. The summed E-state index contributed by atoms with van der Waals surface area (Å²) in [6.45, 7) is 6.29. The topological polar surface area (TPSA) is 104 Å². The molecule has 2 amide bonds. The molecular formula is C20H26BrN5O2. The van der Waals surface area contributed by atoms with E-state index in [0.29, 0.717) is 23.3 Å². The lowest BCUT2D eigenvalue weighted by atomic mass is 9.97. The quantitative estimate of drug-likeness (QED) is 0.631. The molecule has 1 unspecified atom stereocenters. The van der Waals surface area contributed by atoms with Gasteiger partial charge in [0.25, 0.3) is 5.91 Å². The molecule has 1 aromatic heterocycles. The number of hydrogen-bond acceptors (Lipinski definition) is 4. The van der Waals surface area contributed by atoms with Crippen LogP contribution in [0.5, 0.6) is 0 Å². The van der Waals surface area contributed by atoms with Crippen LogP contribution in [0.2, 0.25) is 0 Å². The van der Waals surface area contributed by atoms with Gasteiger partial charge in [-0.05, 0) is 52.9 Å². The highest BCUT2D eigenvalue weighted by Gasteiger charge is 2.25. The Labute approximate surface area is 173 Å². The fourth-order valence-corrected chi connectivity index (χ4v) is 4.32. The van der Waals surface area contributed by atoms with Gasteiger partial charge in [-0.15, -0.1) is 0 Å². The molecule has 1 fully saturated rings. The molecule has 1 atom stereocenters. The molecule has 1 aliphatic rings. The van der Waals surface area contributed by atoms with Gasteiger partial charge in [-0.2, -0.15) is 5.10 Å². The van der Waals surface area contributed by atoms with Crippen LogP contribution in [-0.2, 0) is 11.3 Å². The van der Waals surface area contributed by atoms with E-state index < -0.39 is 0 Å². The van der Waals surface area contributed by atoms with Gasteiger partial charge < -0.3 is 11.1 Å². The highest BCUT2D eigenvalue weighted by atomic mass is 79.9. The minimum atomic E-state index is -0.267. The number of carbonyl (C=O) groups is 2. The number of hydrogen-bond donors (Lipinski definition) is 3. The Kier molecular flexibility index (Phi) is 6.51. The zero-order chi connectivity index (χ0) is 20.3. The monoisotopic (exact) mass is 447 g/mol. The van der Waals surface area contributed by atoms with Crippen LogP contribution in [0.25, 0.3) is 0 Å². The van der Waals surface area contributed by atoms with Crippen LogP contribution in [-0.4, -0.2) is 40.0 Å². The zero-order valence-corrected chi connectivity index (χ0v) is 17.8. The third kappa shape index (κ3) is 4.62. The van der Waals surface area contributed by atoms with Gasteiger partial charge in [0.2, 0.25) is 5.91 Å². The fourth-order valence-electron chi connectivity index (χ4n) is 3.51. The van der Waals surface area contributed by atoms with Crippen LogP contribution < -0.4 is 11.1 Å². The Morgan fingerprint density at radius 1 is 1.39 bits per heavy atom. The van der Waals surface area contributed by atoms with Crippen molar-refractivity contribution >= 4 is 33.4 Å². The first-order valence-electron chi connectivity index (χ1n) is 9.51. The normalized spacial score (nSPS) is 17.6. The summed E-state index contributed by atoms with van der Waals surface area (Å²) in [5.74, 6) is -0.384. The Morgan fingerprint density at radius 2 is 2.14 bits per heavy atom. The van der Waals surface area contributed by atoms with Crippen molar-refractivity contribution in [1.29, 1.82) is 0 Å². The van der Waals surface area contributed by atoms with Gasteiger partial charge in [-0.25, -0.2) is 0 Å². The van der Waals surface area contributed by atoms with E-state index in [2.05, 4.69) is 36.3 Å². The number of benzene rings is 1. The number of nitrogens with two attached hydrogens (primary N) is 1. The van der Waals surface area contributed by atoms with Gasteiger partial charge in [-0.1, -0.05) is 32.0 Å². The number of piperidine rings is 1. The summed E-state index contributed by atoms with van der Waals surface area (Å²) in [5.41, 5.74) is 8.46. The SMILES string of the molecule is CC(C)c1[nH]nc(C(=O)Nc2ccccc2CN2CCCC(C(N)=O)C2)c1Br. The molecule has 4 N–H and O–H groups in total. The summed E-state index contributed by atoms with van der Waals surface area (Å²) in [5, 5.41) is 10.1. The molecule has 1 aromatic carbocycles. The Morgan fingerprint density at radius 3 is 2.82 bits per heavy atom. The third-order valence-electron chi connectivity index (χ3n) is 5.09. The number of nitrogens with zero attached hydrogens (tertiary/aromatic N) is 2. The number of rotatable bonds is 6. The second kappa shape index (κ2) is 8.87. The van der Waals surface area contributed by atoms with E-state index in [1.54, 1.807) is 0 Å². The number of amides is 2.